The molecule has 0 amide bonds. The van der Waals surface area contributed by atoms with Gasteiger partial charge in [0.05, 0.1) is 19.5 Å². The van der Waals surface area contributed by atoms with Gasteiger partial charge in [0.2, 0.25) is 0 Å². The zero-order valence-electron chi connectivity index (χ0n) is 9.03. The molecular weight excluding hydrogens is 456 g/mol. The Morgan fingerprint density at radius 1 is 0.833 bits per heavy atom. The van der Waals surface area contributed by atoms with Crippen molar-refractivity contribution in [2.75, 3.05) is 0 Å². The second-order valence-corrected chi connectivity index (χ2v) is 6.05. The Hall–Kier alpha value is -0.970. The number of nitrogens with zero attached hydrogens (tertiary/aromatic N) is 5. The van der Waals surface area contributed by atoms with Crippen LogP contribution in [0.4, 0.5) is 0 Å². The van der Waals surface area contributed by atoms with Gasteiger partial charge < -0.3 is 0 Å². The Bertz CT molecular complexity index is 633. The molecule has 3 rings (SSSR count). The molecule has 90 valence electrons. The molecule has 18 heavy (non-hydrogen) atoms. The van der Waals surface area contributed by atoms with E-state index in [1.54, 1.807) is 21.8 Å². The van der Waals surface area contributed by atoms with Gasteiger partial charge in [-0.2, -0.15) is 10.2 Å². The van der Waals surface area contributed by atoms with Crippen LogP contribution >= 0.6 is 45.2 Å². The summed E-state index contributed by atoms with van der Waals surface area (Å²) in [6.45, 7) is 0. The first-order valence-electron chi connectivity index (χ1n) is 5.10. The van der Waals surface area contributed by atoms with Crippen molar-refractivity contribution in [3.63, 3.8) is 0 Å². The number of hydrogen-bond donors (Lipinski definition) is 0. The molecule has 0 saturated carbocycles. The van der Waals surface area contributed by atoms with E-state index in [2.05, 4.69) is 60.4 Å². The molecular formula is C11H7I2N5. The van der Waals surface area contributed by atoms with Gasteiger partial charge in [0.25, 0.3) is 0 Å². The number of aromatic nitrogens is 5. The summed E-state index contributed by atoms with van der Waals surface area (Å²) in [7, 11) is 0. The maximum absolute atomic E-state index is 4.53. The smallest absolute Gasteiger partial charge is 0.155 e. The molecule has 0 aliphatic carbocycles. The number of hydrogen-bond acceptors (Lipinski definition) is 3. The molecule has 7 heteroatoms. The molecule has 0 N–H and O–H groups in total. The van der Waals surface area contributed by atoms with Gasteiger partial charge in [-0.1, -0.05) is 6.07 Å². The van der Waals surface area contributed by atoms with Crippen LogP contribution in [0.5, 0.6) is 0 Å². The number of halogens is 2. The van der Waals surface area contributed by atoms with E-state index in [0.717, 1.165) is 18.8 Å². The average Bonchev–Trinajstić information content (AvgIpc) is 2.98. The third-order valence-corrected chi connectivity index (χ3v) is 3.41. The van der Waals surface area contributed by atoms with Crippen molar-refractivity contribution in [2.24, 2.45) is 0 Å². The van der Waals surface area contributed by atoms with E-state index in [9.17, 15) is 0 Å². The lowest BCUT2D eigenvalue weighted by molar-refractivity contribution is 0.803. The minimum atomic E-state index is 0.779. The summed E-state index contributed by atoms with van der Waals surface area (Å²) in [6, 6.07) is 5.78. The largest absolute Gasteiger partial charge is 0.222 e. The van der Waals surface area contributed by atoms with Gasteiger partial charge in [0, 0.05) is 12.4 Å². The lowest BCUT2D eigenvalue weighted by atomic mass is 10.4. The molecule has 3 heterocycles. The fourth-order valence-corrected chi connectivity index (χ4v) is 2.30. The van der Waals surface area contributed by atoms with E-state index in [1.807, 2.05) is 30.6 Å². The van der Waals surface area contributed by atoms with Crippen molar-refractivity contribution >= 4 is 45.2 Å². The summed E-state index contributed by atoms with van der Waals surface area (Å²) >= 11 is 4.44. The standard InChI is InChI=1S/C11H7I2N5/c12-8-4-14-17(6-8)10-2-1-3-11(16-10)18-7-9(13)5-15-18/h1-7H. The van der Waals surface area contributed by atoms with Crippen LogP contribution < -0.4 is 0 Å². The second-order valence-electron chi connectivity index (χ2n) is 3.56. The second kappa shape index (κ2) is 4.96. The first-order valence-corrected chi connectivity index (χ1v) is 7.26. The van der Waals surface area contributed by atoms with Crippen molar-refractivity contribution in [3.05, 3.63) is 50.1 Å². The summed E-state index contributed by atoms with van der Waals surface area (Å²) in [6.07, 6.45) is 7.45. The molecule has 0 unspecified atom stereocenters. The van der Waals surface area contributed by atoms with E-state index in [4.69, 9.17) is 0 Å². The van der Waals surface area contributed by atoms with E-state index in [-0.39, 0.29) is 0 Å². The highest BCUT2D eigenvalue weighted by Crippen LogP contribution is 2.11. The van der Waals surface area contributed by atoms with Gasteiger partial charge in [0.15, 0.2) is 11.6 Å². The Labute approximate surface area is 131 Å². The molecule has 5 nitrogen and oxygen atoms in total. The Morgan fingerprint density at radius 2 is 1.33 bits per heavy atom. The van der Waals surface area contributed by atoms with Crippen LogP contribution in [0.15, 0.2) is 43.0 Å². The fraction of sp³-hybridized carbons (Fsp3) is 0. The van der Waals surface area contributed by atoms with Crippen LogP contribution in [-0.4, -0.2) is 24.5 Å². The average molecular weight is 463 g/mol. The third-order valence-electron chi connectivity index (χ3n) is 2.29. The van der Waals surface area contributed by atoms with Crippen molar-refractivity contribution in [1.29, 1.82) is 0 Å². The first-order chi connectivity index (χ1) is 8.72. The van der Waals surface area contributed by atoms with Crippen molar-refractivity contribution in [2.45, 2.75) is 0 Å². The molecule has 0 aromatic carbocycles. The zero-order chi connectivity index (χ0) is 12.5. The molecule has 0 saturated heterocycles. The van der Waals surface area contributed by atoms with Crippen LogP contribution in [-0.2, 0) is 0 Å². The predicted octanol–water partition coefficient (Wildman–Crippen LogP) is 2.66. The SMILES string of the molecule is Ic1cnn(-c2cccc(-n3cc(I)cn3)n2)c1. The van der Waals surface area contributed by atoms with E-state index < -0.39 is 0 Å². The quantitative estimate of drug-likeness (QED) is 0.550. The fourth-order valence-electron chi connectivity index (χ4n) is 1.52. The van der Waals surface area contributed by atoms with Crippen LogP contribution in [0, 0.1) is 7.14 Å². The summed E-state index contributed by atoms with van der Waals surface area (Å²) in [4.78, 5) is 4.53. The lowest BCUT2D eigenvalue weighted by Crippen LogP contribution is -2.03. The molecule has 0 bridgehead atoms. The lowest BCUT2D eigenvalue weighted by Gasteiger charge is -2.03. The zero-order valence-corrected chi connectivity index (χ0v) is 13.3. The normalized spacial score (nSPS) is 10.8. The van der Waals surface area contributed by atoms with Gasteiger partial charge in [-0.15, -0.1) is 0 Å². The third kappa shape index (κ3) is 2.41. The van der Waals surface area contributed by atoms with E-state index in [1.165, 1.54) is 0 Å². The van der Waals surface area contributed by atoms with Gasteiger partial charge in [0.1, 0.15) is 0 Å². The molecule has 3 aromatic rings. The molecule has 3 aromatic heterocycles. The minimum absolute atomic E-state index is 0.779. The Balaban J connectivity index is 2.04. The van der Waals surface area contributed by atoms with Gasteiger partial charge in [-0.05, 0) is 57.3 Å². The minimum Gasteiger partial charge on any atom is -0.222 e. The maximum atomic E-state index is 4.53. The van der Waals surface area contributed by atoms with Crippen molar-refractivity contribution in [3.8, 4) is 11.6 Å². The van der Waals surface area contributed by atoms with Crippen LogP contribution in [0.2, 0.25) is 0 Å². The van der Waals surface area contributed by atoms with Crippen LogP contribution in [0.25, 0.3) is 11.6 Å². The van der Waals surface area contributed by atoms with Gasteiger partial charge >= 0.3 is 0 Å². The highest BCUT2D eigenvalue weighted by atomic mass is 127. The molecule has 0 atom stereocenters. The summed E-state index contributed by atoms with van der Waals surface area (Å²) in [5, 5.41) is 8.48. The highest BCUT2D eigenvalue weighted by molar-refractivity contribution is 14.1. The molecule has 0 radical (unpaired) electrons. The van der Waals surface area contributed by atoms with Crippen LogP contribution in [0.3, 0.4) is 0 Å². The van der Waals surface area contributed by atoms with Crippen molar-refractivity contribution in [1.82, 2.24) is 24.5 Å². The summed E-state index contributed by atoms with van der Waals surface area (Å²) in [5.41, 5.74) is 0. The maximum Gasteiger partial charge on any atom is 0.155 e. The Morgan fingerprint density at radius 3 is 1.72 bits per heavy atom. The van der Waals surface area contributed by atoms with Crippen molar-refractivity contribution < 1.29 is 0 Å². The topological polar surface area (TPSA) is 48.5 Å². The molecule has 0 spiro atoms. The highest BCUT2D eigenvalue weighted by Gasteiger charge is 2.04. The van der Waals surface area contributed by atoms with E-state index in [0.29, 0.717) is 0 Å². The summed E-state index contributed by atoms with van der Waals surface area (Å²) in [5.74, 6) is 1.56. The molecule has 0 fully saturated rings. The number of rotatable bonds is 2. The molecule has 0 aliphatic heterocycles. The Kier molecular flexibility index (Phi) is 3.33. The predicted molar refractivity (Wildman–Crippen MR) is 83.9 cm³/mol. The van der Waals surface area contributed by atoms with Crippen LogP contribution in [0.1, 0.15) is 0 Å². The van der Waals surface area contributed by atoms with Gasteiger partial charge in [-0.25, -0.2) is 14.3 Å². The summed E-state index contributed by atoms with van der Waals surface area (Å²) < 4.78 is 5.65. The number of pyridine rings is 1. The molecule has 0 aliphatic rings. The van der Waals surface area contributed by atoms with Gasteiger partial charge in [-0.3, -0.25) is 0 Å². The first kappa shape index (κ1) is 12.1. The monoisotopic (exact) mass is 463 g/mol. The van der Waals surface area contributed by atoms with E-state index >= 15 is 0 Å².